The summed E-state index contributed by atoms with van der Waals surface area (Å²) < 4.78 is 5.39. The van der Waals surface area contributed by atoms with E-state index >= 15 is 0 Å². The molecule has 2 amide bonds. The normalized spacial score (nSPS) is 14.6. The first kappa shape index (κ1) is 22.2. The average molecular weight is 393 g/mol. The van der Waals surface area contributed by atoms with Gasteiger partial charge in [0.2, 0.25) is 5.91 Å². The molecule has 1 aliphatic rings. The van der Waals surface area contributed by atoms with Gasteiger partial charge in [0.1, 0.15) is 18.8 Å². The highest BCUT2D eigenvalue weighted by atomic mass is 16.5. The SMILES string of the molecule is CCCCCNC(=O)CCN(CCC[NH+]1CCOCC1)C(=O)c1cnccn1. The van der Waals surface area contributed by atoms with E-state index in [-0.39, 0.29) is 11.8 Å². The van der Waals surface area contributed by atoms with Crippen molar-refractivity contribution in [2.75, 3.05) is 52.5 Å². The number of quaternary nitrogens is 1. The van der Waals surface area contributed by atoms with Crippen LogP contribution in [0.3, 0.4) is 0 Å². The van der Waals surface area contributed by atoms with Crippen LogP contribution in [0.2, 0.25) is 0 Å². The van der Waals surface area contributed by atoms with E-state index in [4.69, 9.17) is 4.74 Å². The third kappa shape index (κ3) is 8.31. The van der Waals surface area contributed by atoms with Crippen LogP contribution in [0.1, 0.15) is 49.5 Å². The Hall–Kier alpha value is -2.06. The number of nitrogens with zero attached hydrogens (tertiary/aromatic N) is 3. The van der Waals surface area contributed by atoms with Gasteiger partial charge in [0, 0.05) is 44.9 Å². The van der Waals surface area contributed by atoms with Crippen molar-refractivity contribution in [2.45, 2.75) is 39.0 Å². The molecule has 2 heterocycles. The average Bonchev–Trinajstić information content (AvgIpc) is 2.74. The number of unbranched alkanes of at least 4 members (excludes halogenated alkanes) is 2. The Morgan fingerprint density at radius 2 is 2.00 bits per heavy atom. The lowest BCUT2D eigenvalue weighted by atomic mass is 10.2. The number of morpholine rings is 1. The summed E-state index contributed by atoms with van der Waals surface area (Å²) in [5.74, 6) is -0.171. The first-order chi connectivity index (χ1) is 13.7. The summed E-state index contributed by atoms with van der Waals surface area (Å²) in [6.45, 7) is 8.47. The van der Waals surface area contributed by atoms with Crippen molar-refractivity contribution in [3.05, 3.63) is 24.3 Å². The lowest BCUT2D eigenvalue weighted by molar-refractivity contribution is -0.908. The fourth-order valence-corrected chi connectivity index (χ4v) is 3.24. The molecule has 156 valence electrons. The van der Waals surface area contributed by atoms with Crippen LogP contribution in [-0.4, -0.2) is 79.2 Å². The molecule has 1 saturated heterocycles. The van der Waals surface area contributed by atoms with Gasteiger partial charge in [0.25, 0.3) is 5.91 Å². The van der Waals surface area contributed by atoms with Crippen LogP contribution >= 0.6 is 0 Å². The molecule has 0 spiro atoms. The summed E-state index contributed by atoms with van der Waals surface area (Å²) in [7, 11) is 0. The maximum atomic E-state index is 12.8. The highest BCUT2D eigenvalue weighted by molar-refractivity contribution is 5.92. The first-order valence-corrected chi connectivity index (χ1v) is 10.4. The van der Waals surface area contributed by atoms with E-state index < -0.39 is 0 Å². The molecular weight excluding hydrogens is 358 g/mol. The van der Waals surface area contributed by atoms with Crippen molar-refractivity contribution in [1.29, 1.82) is 0 Å². The summed E-state index contributed by atoms with van der Waals surface area (Å²) in [6, 6.07) is 0. The quantitative estimate of drug-likeness (QED) is 0.486. The van der Waals surface area contributed by atoms with E-state index in [1.165, 1.54) is 17.3 Å². The molecule has 28 heavy (non-hydrogen) atoms. The van der Waals surface area contributed by atoms with Crippen LogP contribution in [0, 0.1) is 0 Å². The zero-order valence-electron chi connectivity index (χ0n) is 17.0. The van der Waals surface area contributed by atoms with E-state index in [0.717, 1.165) is 58.5 Å². The van der Waals surface area contributed by atoms with Gasteiger partial charge in [-0.05, 0) is 6.42 Å². The van der Waals surface area contributed by atoms with E-state index in [1.807, 2.05) is 0 Å². The van der Waals surface area contributed by atoms with E-state index in [0.29, 0.717) is 31.7 Å². The van der Waals surface area contributed by atoms with Crippen LogP contribution in [0.5, 0.6) is 0 Å². The number of hydrogen-bond acceptors (Lipinski definition) is 5. The fraction of sp³-hybridized carbons (Fsp3) is 0.700. The van der Waals surface area contributed by atoms with E-state index in [2.05, 4.69) is 22.2 Å². The second kappa shape index (κ2) is 13.2. The van der Waals surface area contributed by atoms with E-state index in [1.54, 1.807) is 11.1 Å². The Labute approximate surface area is 167 Å². The zero-order valence-corrected chi connectivity index (χ0v) is 17.0. The maximum absolute atomic E-state index is 12.8. The molecule has 0 atom stereocenters. The molecule has 1 aromatic heterocycles. The Kier molecular flexibility index (Phi) is 10.5. The molecule has 0 aromatic carbocycles. The number of rotatable bonds is 12. The lowest BCUT2D eigenvalue weighted by Crippen LogP contribution is -3.14. The van der Waals surface area contributed by atoms with Gasteiger partial charge >= 0.3 is 0 Å². The van der Waals surface area contributed by atoms with Gasteiger partial charge in [-0.15, -0.1) is 0 Å². The molecular formula is C20H34N5O3+. The summed E-state index contributed by atoms with van der Waals surface area (Å²) in [5.41, 5.74) is 0.324. The molecule has 1 fully saturated rings. The fourth-order valence-electron chi connectivity index (χ4n) is 3.24. The van der Waals surface area contributed by atoms with Crippen molar-refractivity contribution in [1.82, 2.24) is 20.2 Å². The molecule has 1 aromatic rings. The van der Waals surface area contributed by atoms with Gasteiger partial charge in [-0.1, -0.05) is 19.8 Å². The number of carbonyl (C=O) groups is 2. The molecule has 0 aliphatic carbocycles. The second-order valence-corrected chi connectivity index (χ2v) is 7.16. The molecule has 0 radical (unpaired) electrons. The summed E-state index contributed by atoms with van der Waals surface area (Å²) in [6.07, 6.45) is 8.97. The molecule has 2 rings (SSSR count). The standard InChI is InChI=1S/C20H33N5O3/c1-2-3-4-7-23-19(26)6-12-25(20(27)18-17-21-8-9-22-18)11-5-10-24-13-15-28-16-14-24/h8-9,17H,2-7,10-16H2,1H3,(H,23,26)/p+1. The van der Waals surface area contributed by atoms with Crippen LogP contribution in [0.4, 0.5) is 0 Å². The van der Waals surface area contributed by atoms with Crippen molar-refractivity contribution in [3.8, 4) is 0 Å². The summed E-state index contributed by atoms with van der Waals surface area (Å²) in [4.78, 5) is 36.2. The van der Waals surface area contributed by atoms with Crippen molar-refractivity contribution < 1.29 is 19.2 Å². The van der Waals surface area contributed by atoms with Crippen molar-refractivity contribution >= 4 is 11.8 Å². The summed E-state index contributed by atoms with van der Waals surface area (Å²) >= 11 is 0. The molecule has 0 bridgehead atoms. The van der Waals surface area contributed by atoms with Gasteiger partial charge in [0.05, 0.1) is 26.0 Å². The summed E-state index contributed by atoms with van der Waals surface area (Å²) in [5, 5.41) is 2.94. The number of nitrogens with one attached hydrogen (secondary N) is 2. The van der Waals surface area contributed by atoms with E-state index in [9.17, 15) is 9.59 Å². The second-order valence-electron chi connectivity index (χ2n) is 7.16. The van der Waals surface area contributed by atoms with Crippen molar-refractivity contribution in [3.63, 3.8) is 0 Å². The van der Waals surface area contributed by atoms with Crippen LogP contribution in [0.25, 0.3) is 0 Å². The smallest absolute Gasteiger partial charge is 0.274 e. The number of hydrogen-bond donors (Lipinski definition) is 2. The molecule has 2 N–H and O–H groups in total. The molecule has 8 heteroatoms. The maximum Gasteiger partial charge on any atom is 0.274 e. The zero-order chi connectivity index (χ0) is 20.0. The van der Waals surface area contributed by atoms with Crippen LogP contribution in [0.15, 0.2) is 18.6 Å². The van der Waals surface area contributed by atoms with Crippen LogP contribution in [-0.2, 0) is 9.53 Å². The predicted octanol–water partition coefficient (Wildman–Crippen LogP) is -0.0795. The van der Waals surface area contributed by atoms with Gasteiger partial charge in [0.15, 0.2) is 0 Å². The Balaban J connectivity index is 1.82. The van der Waals surface area contributed by atoms with Gasteiger partial charge in [-0.25, -0.2) is 4.98 Å². The number of amides is 2. The highest BCUT2D eigenvalue weighted by Gasteiger charge is 2.20. The number of aromatic nitrogens is 2. The predicted molar refractivity (Wildman–Crippen MR) is 106 cm³/mol. The molecule has 0 unspecified atom stereocenters. The Morgan fingerprint density at radius 1 is 1.18 bits per heavy atom. The number of carbonyl (C=O) groups excluding carboxylic acids is 2. The molecule has 0 saturated carbocycles. The van der Waals surface area contributed by atoms with Crippen molar-refractivity contribution in [2.24, 2.45) is 0 Å². The number of ether oxygens (including phenoxy) is 1. The van der Waals surface area contributed by atoms with Gasteiger partial charge < -0.3 is 19.9 Å². The monoisotopic (exact) mass is 392 g/mol. The molecule has 1 aliphatic heterocycles. The minimum atomic E-state index is -0.163. The minimum Gasteiger partial charge on any atom is -0.370 e. The third-order valence-electron chi connectivity index (χ3n) is 4.94. The first-order valence-electron chi connectivity index (χ1n) is 10.4. The Morgan fingerprint density at radius 3 is 2.71 bits per heavy atom. The topological polar surface area (TPSA) is 88.9 Å². The lowest BCUT2D eigenvalue weighted by Gasteiger charge is -2.26. The molecule has 8 nitrogen and oxygen atoms in total. The Bertz CT molecular complexity index is 578. The van der Waals surface area contributed by atoms with Gasteiger partial charge in [-0.3, -0.25) is 14.6 Å². The van der Waals surface area contributed by atoms with Crippen LogP contribution < -0.4 is 10.2 Å². The minimum absolute atomic E-state index is 0.00754. The van der Waals surface area contributed by atoms with Gasteiger partial charge in [-0.2, -0.15) is 0 Å². The third-order valence-corrected chi connectivity index (χ3v) is 4.94. The largest absolute Gasteiger partial charge is 0.370 e. The highest BCUT2D eigenvalue weighted by Crippen LogP contribution is 2.03.